The van der Waals surface area contributed by atoms with Gasteiger partial charge in [-0.2, -0.15) is 15.5 Å². The molecule has 6 aromatic rings. The summed E-state index contributed by atoms with van der Waals surface area (Å²) in [4.78, 5) is 12.9. The molecule has 4 heterocycles. The molecule has 1 unspecified atom stereocenters. The van der Waals surface area contributed by atoms with Crippen LogP contribution in [0.15, 0.2) is 73.3 Å². The van der Waals surface area contributed by atoms with E-state index in [1.165, 1.54) is 6.33 Å². The molecule has 0 amide bonds. The van der Waals surface area contributed by atoms with Gasteiger partial charge in [-0.05, 0) is 49.4 Å². The number of aromatic nitrogens is 7. The van der Waals surface area contributed by atoms with Crippen LogP contribution in [0.3, 0.4) is 0 Å². The Morgan fingerprint density at radius 1 is 1.06 bits per heavy atom. The Labute approximate surface area is 210 Å². The highest BCUT2D eigenvalue weighted by Gasteiger charge is 2.25. The normalized spacial score (nSPS) is 12.1. The van der Waals surface area contributed by atoms with Gasteiger partial charge in [-0.25, -0.2) is 19.3 Å². The molecule has 0 saturated carbocycles. The van der Waals surface area contributed by atoms with Crippen molar-refractivity contribution in [3.8, 4) is 23.0 Å². The molecule has 0 aliphatic rings. The third-order valence-corrected chi connectivity index (χ3v) is 6.34. The lowest BCUT2D eigenvalue weighted by Gasteiger charge is -2.11. The average molecular weight is 492 g/mol. The summed E-state index contributed by atoms with van der Waals surface area (Å²) in [5.41, 5.74) is 11.2. The number of nitriles is 1. The van der Waals surface area contributed by atoms with Crippen LogP contribution in [-0.2, 0) is 0 Å². The van der Waals surface area contributed by atoms with Gasteiger partial charge in [0.1, 0.15) is 17.8 Å². The molecule has 2 aromatic carbocycles. The summed E-state index contributed by atoms with van der Waals surface area (Å²) in [7, 11) is 0. The highest BCUT2D eigenvalue weighted by atomic mass is 35.5. The summed E-state index contributed by atoms with van der Waals surface area (Å²) in [5, 5.41) is 21.4. The quantitative estimate of drug-likeness (QED) is 0.370. The van der Waals surface area contributed by atoms with Gasteiger partial charge >= 0.3 is 0 Å². The maximum Gasteiger partial charge on any atom is 0.164 e. The highest BCUT2D eigenvalue weighted by Crippen LogP contribution is 2.35. The van der Waals surface area contributed by atoms with Crippen LogP contribution in [0.1, 0.15) is 24.2 Å². The van der Waals surface area contributed by atoms with Gasteiger partial charge in [-0.1, -0.05) is 23.7 Å². The zero-order valence-electron chi connectivity index (χ0n) is 19.0. The van der Waals surface area contributed by atoms with Gasteiger partial charge in [-0.3, -0.25) is 4.98 Å². The number of nitrogens with zero attached hydrogens (tertiary/aromatic N) is 8. The predicted octanol–water partition coefficient (Wildman–Crippen LogP) is 4.94. The van der Waals surface area contributed by atoms with Gasteiger partial charge in [-0.15, -0.1) is 0 Å². The molecule has 0 bridgehead atoms. The zero-order valence-corrected chi connectivity index (χ0v) is 19.8. The molecule has 0 saturated heterocycles. The van der Waals surface area contributed by atoms with Gasteiger partial charge < -0.3 is 5.73 Å². The number of fused-ring (bicyclic) bond motifs is 2. The topological polar surface area (TPSA) is 124 Å². The Bertz CT molecular complexity index is 1800. The molecule has 10 heteroatoms. The van der Waals surface area contributed by atoms with Crippen molar-refractivity contribution < 1.29 is 0 Å². The summed E-state index contributed by atoms with van der Waals surface area (Å²) in [5.74, 6) is 0.313. The van der Waals surface area contributed by atoms with E-state index >= 15 is 0 Å². The second-order valence-corrected chi connectivity index (χ2v) is 8.73. The van der Waals surface area contributed by atoms with E-state index in [-0.39, 0.29) is 6.04 Å². The Kier molecular flexibility index (Phi) is 5.09. The number of benzene rings is 2. The van der Waals surface area contributed by atoms with Crippen LogP contribution >= 0.6 is 11.6 Å². The summed E-state index contributed by atoms with van der Waals surface area (Å²) in [6.45, 7) is 2.00. The summed E-state index contributed by atoms with van der Waals surface area (Å²) in [6, 6.07) is 18.5. The first-order valence-electron chi connectivity index (χ1n) is 11.1. The molecule has 9 nitrogen and oxygen atoms in total. The van der Waals surface area contributed by atoms with E-state index in [4.69, 9.17) is 27.5 Å². The standard InChI is InChI=1S/C26H18ClN9/c1-15(23-20-8-7-18(27)11-21(20)36(33-23)19-6-3-9-30-13-19)35-26-22(25(29)31-14-32-26)24(34-35)17-5-2-4-16(10-17)12-28/h2-11,13-15H,1H3,(H2,29,31,32). The molecule has 6 rings (SSSR count). The minimum absolute atomic E-state index is 0.313. The van der Waals surface area contributed by atoms with Crippen LogP contribution in [0.2, 0.25) is 5.02 Å². The van der Waals surface area contributed by atoms with E-state index in [2.05, 4.69) is 21.0 Å². The van der Waals surface area contributed by atoms with Crippen molar-refractivity contribution in [1.29, 1.82) is 5.26 Å². The molecule has 0 aliphatic carbocycles. The van der Waals surface area contributed by atoms with E-state index in [0.29, 0.717) is 33.1 Å². The molecule has 36 heavy (non-hydrogen) atoms. The van der Waals surface area contributed by atoms with Gasteiger partial charge in [0.2, 0.25) is 0 Å². The fourth-order valence-electron chi connectivity index (χ4n) is 4.42. The first-order valence-corrected chi connectivity index (χ1v) is 11.5. The first-order chi connectivity index (χ1) is 17.5. The Morgan fingerprint density at radius 2 is 1.94 bits per heavy atom. The second kappa shape index (κ2) is 8.45. The summed E-state index contributed by atoms with van der Waals surface area (Å²) >= 11 is 6.35. The van der Waals surface area contributed by atoms with E-state index in [9.17, 15) is 5.26 Å². The van der Waals surface area contributed by atoms with Crippen molar-refractivity contribution in [1.82, 2.24) is 34.5 Å². The molecule has 0 radical (unpaired) electrons. The predicted molar refractivity (Wildman–Crippen MR) is 138 cm³/mol. The van der Waals surface area contributed by atoms with Crippen molar-refractivity contribution in [2.75, 3.05) is 5.73 Å². The van der Waals surface area contributed by atoms with Crippen LogP contribution < -0.4 is 5.73 Å². The number of hydrogen-bond donors (Lipinski definition) is 1. The van der Waals surface area contributed by atoms with Crippen molar-refractivity contribution in [3.05, 3.63) is 89.6 Å². The fraction of sp³-hybridized carbons (Fsp3) is 0.0769. The summed E-state index contributed by atoms with van der Waals surface area (Å²) in [6.07, 6.45) is 4.89. The van der Waals surface area contributed by atoms with Gasteiger partial charge in [0.05, 0.1) is 46.2 Å². The van der Waals surface area contributed by atoms with Crippen LogP contribution in [-0.4, -0.2) is 34.5 Å². The summed E-state index contributed by atoms with van der Waals surface area (Å²) < 4.78 is 3.62. The number of pyridine rings is 1. The molecule has 174 valence electrons. The van der Waals surface area contributed by atoms with Crippen LogP contribution in [0.25, 0.3) is 38.9 Å². The molecule has 0 fully saturated rings. The lowest BCUT2D eigenvalue weighted by molar-refractivity contribution is 0.564. The minimum atomic E-state index is -0.323. The van der Waals surface area contributed by atoms with Crippen molar-refractivity contribution in [3.63, 3.8) is 0 Å². The number of halogens is 1. The third kappa shape index (κ3) is 3.43. The Balaban J connectivity index is 1.58. The maximum atomic E-state index is 9.39. The molecule has 0 spiro atoms. The zero-order chi connectivity index (χ0) is 24.8. The molecule has 1 atom stereocenters. The third-order valence-electron chi connectivity index (χ3n) is 6.11. The molecule has 2 N–H and O–H groups in total. The molecular weight excluding hydrogens is 474 g/mol. The van der Waals surface area contributed by atoms with Crippen molar-refractivity contribution >= 4 is 39.4 Å². The van der Waals surface area contributed by atoms with E-state index in [0.717, 1.165) is 27.8 Å². The number of anilines is 1. The fourth-order valence-corrected chi connectivity index (χ4v) is 4.58. The number of nitrogen functional groups attached to an aromatic ring is 1. The maximum absolute atomic E-state index is 9.39. The van der Waals surface area contributed by atoms with Gasteiger partial charge in [0.25, 0.3) is 0 Å². The van der Waals surface area contributed by atoms with Gasteiger partial charge in [0, 0.05) is 22.2 Å². The Hall–Kier alpha value is -4.81. The van der Waals surface area contributed by atoms with E-state index in [1.807, 2.05) is 54.1 Å². The van der Waals surface area contributed by atoms with E-state index in [1.54, 1.807) is 29.2 Å². The number of rotatable bonds is 4. The smallest absolute Gasteiger partial charge is 0.164 e. The van der Waals surface area contributed by atoms with Crippen LogP contribution in [0.4, 0.5) is 5.82 Å². The number of hydrogen-bond acceptors (Lipinski definition) is 7. The highest BCUT2D eigenvalue weighted by molar-refractivity contribution is 6.31. The lowest BCUT2D eigenvalue weighted by atomic mass is 10.1. The molecular formula is C26H18ClN9. The van der Waals surface area contributed by atoms with Crippen LogP contribution in [0.5, 0.6) is 0 Å². The molecule has 4 aromatic heterocycles. The van der Waals surface area contributed by atoms with Gasteiger partial charge in [0.15, 0.2) is 5.65 Å². The monoisotopic (exact) mass is 491 g/mol. The Morgan fingerprint density at radius 3 is 2.75 bits per heavy atom. The molecule has 0 aliphatic heterocycles. The van der Waals surface area contributed by atoms with Crippen molar-refractivity contribution in [2.45, 2.75) is 13.0 Å². The number of nitrogens with two attached hydrogens (primary N) is 1. The minimum Gasteiger partial charge on any atom is -0.383 e. The lowest BCUT2D eigenvalue weighted by Crippen LogP contribution is -2.11. The largest absolute Gasteiger partial charge is 0.383 e. The van der Waals surface area contributed by atoms with E-state index < -0.39 is 0 Å². The SMILES string of the molecule is CC(c1nn(-c2cccnc2)c2cc(Cl)ccc12)n1nc(-c2cccc(C#N)c2)c2c(N)ncnc21. The van der Waals surface area contributed by atoms with Crippen LogP contribution in [0, 0.1) is 11.3 Å². The van der Waals surface area contributed by atoms with Crippen molar-refractivity contribution in [2.24, 2.45) is 0 Å². The second-order valence-electron chi connectivity index (χ2n) is 8.29. The first kappa shape index (κ1) is 21.7. The average Bonchev–Trinajstić information content (AvgIpc) is 3.49.